The van der Waals surface area contributed by atoms with E-state index in [4.69, 9.17) is 15.2 Å². The lowest BCUT2D eigenvalue weighted by atomic mass is 9.96. The highest BCUT2D eigenvalue weighted by Crippen LogP contribution is 2.27. The number of amides is 1. The molecule has 0 aromatic heterocycles. The molecule has 0 unspecified atom stereocenters. The topological polar surface area (TPSA) is 120 Å². The second-order valence-electron chi connectivity index (χ2n) is 6.57. The molecule has 2 fully saturated rings. The van der Waals surface area contributed by atoms with Gasteiger partial charge in [0.2, 0.25) is 5.91 Å². The Labute approximate surface area is 151 Å². The van der Waals surface area contributed by atoms with Crippen molar-refractivity contribution in [2.75, 3.05) is 51.4 Å². The van der Waals surface area contributed by atoms with Crippen LogP contribution in [0.3, 0.4) is 0 Å². The van der Waals surface area contributed by atoms with Crippen molar-refractivity contribution in [1.82, 2.24) is 4.90 Å². The van der Waals surface area contributed by atoms with E-state index in [9.17, 15) is 14.9 Å². The number of nitrogens with two attached hydrogens (primary N) is 1. The molecule has 0 aliphatic carbocycles. The molecule has 2 saturated heterocycles. The maximum Gasteiger partial charge on any atom is 0.293 e. The monoisotopic (exact) mass is 364 g/mol. The van der Waals surface area contributed by atoms with Crippen LogP contribution in [0, 0.1) is 16.0 Å². The molecule has 3 rings (SSSR count). The average molecular weight is 364 g/mol. The predicted molar refractivity (Wildman–Crippen MR) is 95.2 cm³/mol. The van der Waals surface area contributed by atoms with Gasteiger partial charge >= 0.3 is 0 Å². The normalized spacial score (nSPS) is 22.1. The lowest BCUT2D eigenvalue weighted by molar-refractivity contribution is -0.384. The van der Waals surface area contributed by atoms with E-state index in [0.29, 0.717) is 38.0 Å². The summed E-state index contributed by atoms with van der Waals surface area (Å²) in [4.78, 5) is 24.5. The number of hydrogen-bond acceptors (Lipinski definition) is 7. The van der Waals surface area contributed by atoms with Crippen LogP contribution in [0.1, 0.15) is 16.8 Å². The molecular weight excluding hydrogens is 340 g/mol. The Morgan fingerprint density at radius 3 is 2.73 bits per heavy atom. The molecule has 142 valence electrons. The van der Waals surface area contributed by atoms with Gasteiger partial charge in [-0.25, -0.2) is 0 Å². The maximum atomic E-state index is 11.4. The highest BCUT2D eigenvalue weighted by molar-refractivity contribution is 5.94. The van der Waals surface area contributed by atoms with Crippen molar-refractivity contribution < 1.29 is 19.2 Å². The highest BCUT2D eigenvalue weighted by Gasteiger charge is 2.32. The van der Waals surface area contributed by atoms with Gasteiger partial charge in [0.15, 0.2) is 0 Å². The minimum Gasteiger partial charge on any atom is -0.381 e. The van der Waals surface area contributed by atoms with E-state index in [0.717, 1.165) is 26.1 Å². The summed E-state index contributed by atoms with van der Waals surface area (Å²) in [6, 6.07) is 4.46. The van der Waals surface area contributed by atoms with Gasteiger partial charge in [-0.05, 0) is 18.6 Å². The Morgan fingerprint density at radius 2 is 2.12 bits per heavy atom. The summed E-state index contributed by atoms with van der Waals surface area (Å²) in [7, 11) is 0. The number of nitro benzene ring substituents is 1. The third kappa shape index (κ3) is 4.29. The number of primary amides is 1. The quantitative estimate of drug-likeness (QED) is 0.543. The van der Waals surface area contributed by atoms with E-state index in [1.807, 2.05) is 0 Å². The third-order valence-corrected chi connectivity index (χ3v) is 5.00. The van der Waals surface area contributed by atoms with Crippen molar-refractivity contribution in [2.24, 2.45) is 11.7 Å². The zero-order chi connectivity index (χ0) is 18.5. The van der Waals surface area contributed by atoms with Gasteiger partial charge in [0.1, 0.15) is 5.69 Å². The second kappa shape index (κ2) is 8.43. The minimum absolute atomic E-state index is 0.121. The number of carbonyl (C=O) groups is 1. The number of ether oxygens (including phenoxy) is 2. The van der Waals surface area contributed by atoms with E-state index in [1.54, 1.807) is 6.07 Å². The molecule has 9 nitrogen and oxygen atoms in total. The lowest BCUT2D eigenvalue weighted by Gasteiger charge is -2.37. The number of hydrogen-bond donors (Lipinski definition) is 2. The molecule has 2 atom stereocenters. The number of anilines is 1. The van der Waals surface area contributed by atoms with Crippen molar-refractivity contribution in [3.05, 3.63) is 33.9 Å². The van der Waals surface area contributed by atoms with Gasteiger partial charge < -0.3 is 20.5 Å². The Balaban J connectivity index is 1.75. The number of carbonyl (C=O) groups excluding carboxylic acids is 1. The van der Waals surface area contributed by atoms with Gasteiger partial charge in [-0.3, -0.25) is 19.8 Å². The first-order chi connectivity index (χ1) is 12.6. The first kappa shape index (κ1) is 18.6. The van der Waals surface area contributed by atoms with Crippen LogP contribution in [0.25, 0.3) is 0 Å². The fourth-order valence-electron chi connectivity index (χ4n) is 3.56. The molecule has 1 aromatic rings. The fraction of sp³-hybridized carbons (Fsp3) is 0.588. The number of benzene rings is 1. The van der Waals surface area contributed by atoms with Crippen molar-refractivity contribution in [3.8, 4) is 0 Å². The van der Waals surface area contributed by atoms with Crippen LogP contribution in [0.15, 0.2) is 18.2 Å². The van der Waals surface area contributed by atoms with Crippen molar-refractivity contribution >= 4 is 17.3 Å². The molecular formula is C17H24N4O5. The first-order valence-corrected chi connectivity index (χ1v) is 8.78. The molecule has 9 heteroatoms. The van der Waals surface area contributed by atoms with Crippen LogP contribution in [0.5, 0.6) is 0 Å². The molecule has 0 bridgehead atoms. The highest BCUT2D eigenvalue weighted by atomic mass is 16.6. The average Bonchev–Trinajstić information content (AvgIpc) is 3.17. The smallest absolute Gasteiger partial charge is 0.293 e. The Hall–Kier alpha value is -2.23. The largest absolute Gasteiger partial charge is 0.381 e. The Kier molecular flexibility index (Phi) is 6.02. The van der Waals surface area contributed by atoms with Crippen LogP contribution in [-0.4, -0.2) is 67.8 Å². The Morgan fingerprint density at radius 1 is 1.35 bits per heavy atom. The fourth-order valence-corrected chi connectivity index (χ4v) is 3.56. The standard InChI is InChI=1S/C17H24N4O5/c18-17(22)12-1-2-14(15(9-12)21(23)24)19-10-16(13-3-6-26-11-13)20-4-7-25-8-5-20/h1-2,9,13,16,19H,3-8,10-11H2,(H2,18,22)/t13-,16+/m0/s1. The Bertz CT molecular complexity index is 657. The third-order valence-electron chi connectivity index (χ3n) is 5.00. The van der Waals surface area contributed by atoms with E-state index >= 15 is 0 Å². The van der Waals surface area contributed by atoms with Gasteiger partial charge in [-0.2, -0.15) is 0 Å². The number of nitrogens with zero attached hydrogens (tertiary/aromatic N) is 2. The molecule has 2 aliphatic rings. The molecule has 2 aliphatic heterocycles. The molecule has 26 heavy (non-hydrogen) atoms. The van der Waals surface area contributed by atoms with Crippen LogP contribution in [0.2, 0.25) is 0 Å². The van der Waals surface area contributed by atoms with E-state index in [2.05, 4.69) is 10.2 Å². The lowest BCUT2D eigenvalue weighted by Crippen LogP contribution is -2.50. The molecule has 1 amide bonds. The molecule has 3 N–H and O–H groups in total. The van der Waals surface area contributed by atoms with Crippen LogP contribution in [0.4, 0.5) is 11.4 Å². The van der Waals surface area contributed by atoms with Gasteiger partial charge in [-0.1, -0.05) is 0 Å². The zero-order valence-corrected chi connectivity index (χ0v) is 14.6. The van der Waals surface area contributed by atoms with Gasteiger partial charge in [0.25, 0.3) is 5.69 Å². The van der Waals surface area contributed by atoms with E-state index in [-0.39, 0.29) is 17.3 Å². The molecule has 0 saturated carbocycles. The number of nitro groups is 1. The van der Waals surface area contributed by atoms with Crippen molar-refractivity contribution in [1.29, 1.82) is 0 Å². The van der Waals surface area contributed by atoms with Crippen LogP contribution in [-0.2, 0) is 9.47 Å². The number of rotatable bonds is 7. The summed E-state index contributed by atoms with van der Waals surface area (Å²) in [5, 5.41) is 14.6. The van der Waals surface area contributed by atoms with Crippen molar-refractivity contribution in [2.45, 2.75) is 12.5 Å². The maximum absolute atomic E-state index is 11.4. The number of morpholine rings is 1. The summed E-state index contributed by atoms with van der Waals surface area (Å²) >= 11 is 0. The van der Waals surface area contributed by atoms with Crippen LogP contribution < -0.4 is 11.1 Å². The summed E-state index contributed by atoms with van der Waals surface area (Å²) in [5.74, 6) is -0.307. The molecule has 0 radical (unpaired) electrons. The van der Waals surface area contributed by atoms with E-state index < -0.39 is 10.8 Å². The summed E-state index contributed by atoms with van der Waals surface area (Å²) < 4.78 is 11.0. The molecule has 2 heterocycles. The SMILES string of the molecule is NC(=O)c1ccc(NC[C@H]([C@H]2CCOC2)N2CCOCC2)c([N+](=O)[O-])c1. The van der Waals surface area contributed by atoms with Gasteiger partial charge in [0.05, 0.1) is 24.7 Å². The zero-order valence-electron chi connectivity index (χ0n) is 14.6. The van der Waals surface area contributed by atoms with Crippen LogP contribution >= 0.6 is 0 Å². The second-order valence-corrected chi connectivity index (χ2v) is 6.57. The predicted octanol–water partition coefficient (Wildman–Crippen LogP) is 0.843. The summed E-state index contributed by atoms with van der Waals surface area (Å²) in [6.07, 6.45) is 0.979. The molecule has 1 aromatic carbocycles. The van der Waals surface area contributed by atoms with Gasteiger partial charge in [0, 0.05) is 49.8 Å². The van der Waals surface area contributed by atoms with Crippen molar-refractivity contribution in [3.63, 3.8) is 0 Å². The summed E-state index contributed by atoms with van der Waals surface area (Å²) in [6.45, 7) is 5.07. The van der Waals surface area contributed by atoms with E-state index in [1.165, 1.54) is 12.1 Å². The molecule has 0 spiro atoms. The minimum atomic E-state index is -0.686. The van der Waals surface area contributed by atoms with Gasteiger partial charge in [-0.15, -0.1) is 0 Å². The summed E-state index contributed by atoms with van der Waals surface area (Å²) in [5.41, 5.74) is 5.58. The first-order valence-electron chi connectivity index (χ1n) is 8.78. The number of nitrogens with one attached hydrogen (secondary N) is 1.